The van der Waals surface area contributed by atoms with Gasteiger partial charge in [0.15, 0.2) is 0 Å². The van der Waals surface area contributed by atoms with Crippen molar-refractivity contribution in [3.8, 4) is 11.5 Å². The van der Waals surface area contributed by atoms with Crippen LogP contribution in [0.15, 0.2) is 29.3 Å². The molecule has 9 nitrogen and oxygen atoms in total. The fraction of sp³-hybridized carbons (Fsp3) is 0.444. The molecule has 0 aliphatic carbocycles. The summed E-state index contributed by atoms with van der Waals surface area (Å²) in [5.41, 5.74) is 1.53. The van der Waals surface area contributed by atoms with Crippen LogP contribution < -0.4 is 14.4 Å². The van der Waals surface area contributed by atoms with Crippen molar-refractivity contribution in [2.45, 2.75) is 18.0 Å². The van der Waals surface area contributed by atoms with Gasteiger partial charge in [0.25, 0.3) is 0 Å². The van der Waals surface area contributed by atoms with Crippen molar-refractivity contribution < 1.29 is 22.6 Å². The molecule has 0 spiro atoms. The van der Waals surface area contributed by atoms with Gasteiger partial charge in [-0.15, -0.1) is 0 Å². The molecule has 0 unspecified atom stereocenters. The summed E-state index contributed by atoms with van der Waals surface area (Å²) in [5.74, 6) is 1.34. The van der Waals surface area contributed by atoms with Crippen molar-refractivity contribution in [1.29, 1.82) is 0 Å². The van der Waals surface area contributed by atoms with E-state index in [1.165, 1.54) is 24.6 Å². The van der Waals surface area contributed by atoms with Crippen LogP contribution in [0.3, 0.4) is 0 Å². The quantitative estimate of drug-likeness (QED) is 0.727. The maximum absolute atomic E-state index is 13.3. The van der Waals surface area contributed by atoms with Crippen LogP contribution in [-0.4, -0.2) is 63.2 Å². The summed E-state index contributed by atoms with van der Waals surface area (Å²) in [5, 5.41) is 0. The van der Waals surface area contributed by atoms with Crippen LogP contribution in [0, 0.1) is 0 Å². The number of hydrogen-bond acceptors (Lipinski definition) is 8. The van der Waals surface area contributed by atoms with E-state index in [2.05, 4.69) is 9.97 Å². The molecule has 1 aromatic heterocycles. The third-order valence-corrected chi connectivity index (χ3v) is 6.71. The molecule has 0 N–H and O–H groups in total. The summed E-state index contributed by atoms with van der Waals surface area (Å²) in [6.07, 6.45) is 1.71. The van der Waals surface area contributed by atoms with E-state index in [-0.39, 0.29) is 23.7 Å². The highest BCUT2D eigenvalue weighted by Gasteiger charge is 2.34. The Labute approximate surface area is 163 Å². The minimum atomic E-state index is -3.79. The van der Waals surface area contributed by atoms with Crippen molar-refractivity contribution in [2.24, 2.45) is 0 Å². The predicted octanol–water partition coefficient (Wildman–Crippen LogP) is 1.03. The Balaban J connectivity index is 1.62. The van der Waals surface area contributed by atoms with Crippen LogP contribution in [0.25, 0.3) is 0 Å². The Morgan fingerprint density at radius 2 is 1.89 bits per heavy atom. The van der Waals surface area contributed by atoms with E-state index in [1.54, 1.807) is 18.3 Å². The number of ether oxygens (including phenoxy) is 3. The summed E-state index contributed by atoms with van der Waals surface area (Å²) in [6, 6.07) is 4.73. The van der Waals surface area contributed by atoms with Gasteiger partial charge in [0.05, 0.1) is 39.7 Å². The lowest BCUT2D eigenvalue weighted by molar-refractivity contribution is 0.122. The molecule has 2 aliphatic heterocycles. The molecule has 0 bridgehead atoms. The molecule has 1 saturated heterocycles. The Hall–Kier alpha value is -2.43. The first-order valence-corrected chi connectivity index (χ1v) is 10.4. The molecule has 1 fully saturated rings. The number of fused-ring (bicyclic) bond motifs is 1. The topological polar surface area (TPSA) is 94.1 Å². The van der Waals surface area contributed by atoms with Gasteiger partial charge in [-0.25, -0.2) is 18.4 Å². The number of sulfonamides is 1. The molecule has 4 rings (SSSR count). The highest BCUT2D eigenvalue weighted by atomic mass is 32.2. The van der Waals surface area contributed by atoms with E-state index >= 15 is 0 Å². The van der Waals surface area contributed by atoms with Crippen LogP contribution in [0.5, 0.6) is 11.5 Å². The molecule has 0 atom stereocenters. The van der Waals surface area contributed by atoms with Gasteiger partial charge in [-0.1, -0.05) is 0 Å². The zero-order chi connectivity index (χ0) is 19.7. The first-order chi connectivity index (χ1) is 13.5. The number of rotatable bonds is 5. The lowest BCUT2D eigenvalue weighted by Gasteiger charge is -2.26. The second-order valence-corrected chi connectivity index (χ2v) is 8.44. The first-order valence-electron chi connectivity index (χ1n) is 8.92. The van der Waals surface area contributed by atoms with Crippen LogP contribution >= 0.6 is 0 Å². The molecule has 2 aromatic rings. The van der Waals surface area contributed by atoms with Crippen LogP contribution in [0.2, 0.25) is 0 Å². The largest absolute Gasteiger partial charge is 0.497 e. The third kappa shape index (κ3) is 3.38. The number of morpholine rings is 1. The number of hydrogen-bond donors (Lipinski definition) is 0. The van der Waals surface area contributed by atoms with Gasteiger partial charge < -0.3 is 19.1 Å². The second kappa shape index (κ2) is 7.53. The first kappa shape index (κ1) is 18.9. The molecule has 0 amide bonds. The average Bonchev–Trinajstić information content (AvgIpc) is 3.18. The maximum Gasteiger partial charge on any atom is 0.247 e. The van der Waals surface area contributed by atoms with E-state index in [0.29, 0.717) is 24.9 Å². The summed E-state index contributed by atoms with van der Waals surface area (Å²) in [7, 11) is -0.856. The van der Waals surface area contributed by atoms with Gasteiger partial charge in [0, 0.05) is 37.5 Å². The normalized spacial score (nSPS) is 17.4. The van der Waals surface area contributed by atoms with Gasteiger partial charge >= 0.3 is 0 Å². The lowest BCUT2D eigenvalue weighted by atomic mass is 10.3. The smallest absolute Gasteiger partial charge is 0.247 e. The monoisotopic (exact) mass is 406 g/mol. The van der Waals surface area contributed by atoms with Gasteiger partial charge in [-0.3, -0.25) is 0 Å². The Kier molecular flexibility index (Phi) is 5.09. The molecule has 28 heavy (non-hydrogen) atoms. The van der Waals surface area contributed by atoms with E-state index in [0.717, 1.165) is 24.3 Å². The fourth-order valence-electron chi connectivity index (χ4n) is 3.32. The van der Waals surface area contributed by atoms with Crippen molar-refractivity contribution in [3.05, 3.63) is 35.7 Å². The van der Waals surface area contributed by atoms with Crippen LogP contribution in [-0.2, 0) is 27.8 Å². The van der Waals surface area contributed by atoms with E-state index in [4.69, 9.17) is 14.2 Å². The standard InChI is InChI=1S/C18H22N4O5S/c1-25-14-3-4-16(26-2)17(9-14)28(23,24)22-11-13-10-19-18(20-15(13)12-22)21-5-7-27-8-6-21/h3-4,9-10H,5-8,11-12H2,1-2H3. The minimum Gasteiger partial charge on any atom is -0.497 e. The second-order valence-electron chi connectivity index (χ2n) is 6.53. The SMILES string of the molecule is COc1ccc(OC)c(S(=O)(=O)N2Cc3cnc(N4CCOCC4)nc3C2)c1. The minimum absolute atomic E-state index is 0.0727. The van der Waals surface area contributed by atoms with Gasteiger partial charge in [0.2, 0.25) is 16.0 Å². The van der Waals surface area contributed by atoms with Gasteiger partial charge in [-0.05, 0) is 12.1 Å². The highest BCUT2D eigenvalue weighted by Crippen LogP contribution is 2.34. The number of benzene rings is 1. The summed E-state index contributed by atoms with van der Waals surface area (Å²) in [6.45, 7) is 3.14. The molecule has 3 heterocycles. The Morgan fingerprint density at radius 3 is 2.61 bits per heavy atom. The number of anilines is 1. The molecular formula is C18H22N4O5S. The molecule has 0 saturated carbocycles. The van der Waals surface area contributed by atoms with Crippen molar-refractivity contribution in [1.82, 2.24) is 14.3 Å². The summed E-state index contributed by atoms with van der Waals surface area (Å²) in [4.78, 5) is 11.1. The molecule has 1 aromatic carbocycles. The third-order valence-electron chi connectivity index (χ3n) is 4.90. The Bertz CT molecular complexity index is 976. The Morgan fingerprint density at radius 1 is 1.11 bits per heavy atom. The van der Waals surface area contributed by atoms with Crippen molar-refractivity contribution >= 4 is 16.0 Å². The average molecular weight is 406 g/mol. The molecule has 150 valence electrons. The van der Waals surface area contributed by atoms with Crippen LogP contribution in [0.1, 0.15) is 11.3 Å². The van der Waals surface area contributed by atoms with Crippen molar-refractivity contribution in [3.63, 3.8) is 0 Å². The lowest BCUT2D eigenvalue weighted by Crippen LogP contribution is -2.37. The zero-order valence-electron chi connectivity index (χ0n) is 15.8. The molecule has 0 radical (unpaired) electrons. The number of methoxy groups -OCH3 is 2. The molecule has 2 aliphatic rings. The predicted molar refractivity (Wildman–Crippen MR) is 101 cm³/mol. The number of aromatic nitrogens is 2. The van der Waals surface area contributed by atoms with Gasteiger partial charge in [0.1, 0.15) is 16.4 Å². The number of nitrogens with zero attached hydrogens (tertiary/aromatic N) is 4. The van der Waals surface area contributed by atoms with Gasteiger partial charge in [-0.2, -0.15) is 4.31 Å². The van der Waals surface area contributed by atoms with E-state index in [9.17, 15) is 8.42 Å². The van der Waals surface area contributed by atoms with Crippen LogP contribution in [0.4, 0.5) is 5.95 Å². The summed E-state index contributed by atoms with van der Waals surface area (Å²) >= 11 is 0. The van der Waals surface area contributed by atoms with Crippen molar-refractivity contribution in [2.75, 3.05) is 45.4 Å². The summed E-state index contributed by atoms with van der Waals surface area (Å²) < 4.78 is 43.7. The fourth-order valence-corrected chi connectivity index (χ4v) is 4.87. The maximum atomic E-state index is 13.3. The van der Waals surface area contributed by atoms with E-state index in [1.807, 2.05) is 4.90 Å². The molecular weight excluding hydrogens is 384 g/mol. The molecule has 10 heteroatoms. The highest BCUT2D eigenvalue weighted by molar-refractivity contribution is 7.89. The zero-order valence-corrected chi connectivity index (χ0v) is 16.6. The van der Waals surface area contributed by atoms with E-state index < -0.39 is 10.0 Å².